The fourth-order valence-corrected chi connectivity index (χ4v) is 2.86. The summed E-state index contributed by atoms with van der Waals surface area (Å²) in [5, 5.41) is 5.00. The van der Waals surface area contributed by atoms with Crippen molar-refractivity contribution in [1.29, 1.82) is 0 Å². The van der Waals surface area contributed by atoms with E-state index >= 15 is 0 Å². The molecule has 0 aliphatic heterocycles. The summed E-state index contributed by atoms with van der Waals surface area (Å²) in [4.78, 5) is 4.63. The lowest BCUT2D eigenvalue weighted by Crippen LogP contribution is -1.86. The molecule has 0 fully saturated rings. The quantitative estimate of drug-likeness (QED) is 0.424. The third-order valence-corrected chi connectivity index (χ3v) is 3.94. The lowest BCUT2D eigenvalue weighted by molar-refractivity contribution is 1.35. The van der Waals surface area contributed by atoms with Crippen LogP contribution in [0.3, 0.4) is 0 Å². The predicted octanol–water partition coefficient (Wildman–Crippen LogP) is 5.36. The van der Waals surface area contributed by atoms with Gasteiger partial charge in [-0.1, -0.05) is 60.2 Å². The Morgan fingerprint density at radius 1 is 0.714 bits per heavy atom. The zero-order valence-corrected chi connectivity index (χ0v) is 11.9. The van der Waals surface area contributed by atoms with Crippen LogP contribution in [0.2, 0.25) is 0 Å². The van der Waals surface area contributed by atoms with E-state index in [4.69, 9.17) is 0 Å². The lowest BCUT2D eigenvalue weighted by atomic mass is 10.0. The highest BCUT2D eigenvalue weighted by Crippen LogP contribution is 2.28. The summed E-state index contributed by atoms with van der Waals surface area (Å²) >= 11 is 0. The molecule has 100 valence electrons. The van der Waals surface area contributed by atoms with E-state index in [0.717, 1.165) is 5.69 Å². The van der Waals surface area contributed by atoms with Crippen molar-refractivity contribution in [3.8, 4) is 11.3 Å². The Morgan fingerprint density at radius 2 is 1.57 bits per heavy atom. The predicted molar refractivity (Wildman–Crippen MR) is 89.4 cm³/mol. The Kier molecular flexibility index (Phi) is 2.71. The Hall–Kier alpha value is -2.67. The zero-order chi connectivity index (χ0) is 14.2. The van der Waals surface area contributed by atoms with Crippen molar-refractivity contribution in [2.24, 2.45) is 0 Å². The molecule has 0 aliphatic carbocycles. The highest BCUT2D eigenvalue weighted by atomic mass is 14.7. The number of pyridine rings is 1. The summed E-state index contributed by atoms with van der Waals surface area (Å²) in [5.74, 6) is 0. The highest BCUT2D eigenvalue weighted by Gasteiger charge is 2.04. The van der Waals surface area contributed by atoms with Crippen LogP contribution in [0.25, 0.3) is 32.8 Å². The molecule has 0 spiro atoms. The third-order valence-electron chi connectivity index (χ3n) is 3.94. The summed E-state index contributed by atoms with van der Waals surface area (Å²) in [5.41, 5.74) is 3.46. The van der Waals surface area contributed by atoms with E-state index in [2.05, 4.69) is 78.6 Å². The summed E-state index contributed by atoms with van der Waals surface area (Å²) in [6.07, 6.45) is 1.97. The van der Waals surface area contributed by atoms with E-state index in [-0.39, 0.29) is 0 Å². The van der Waals surface area contributed by atoms with Crippen molar-refractivity contribution in [1.82, 2.24) is 4.98 Å². The van der Waals surface area contributed by atoms with Gasteiger partial charge in [0.25, 0.3) is 0 Å². The minimum atomic E-state index is 1.03. The van der Waals surface area contributed by atoms with Crippen molar-refractivity contribution in [3.63, 3.8) is 0 Å². The van der Waals surface area contributed by atoms with Gasteiger partial charge in [0.1, 0.15) is 0 Å². The Labute approximate surface area is 123 Å². The number of rotatable bonds is 1. The maximum absolute atomic E-state index is 4.63. The van der Waals surface area contributed by atoms with Crippen LogP contribution in [-0.2, 0) is 0 Å². The van der Waals surface area contributed by atoms with E-state index < -0.39 is 0 Å². The number of nitrogens with zero attached hydrogens (tertiary/aromatic N) is 1. The minimum Gasteiger partial charge on any atom is -0.256 e. The first-order chi connectivity index (χ1) is 10.3. The second-order valence-electron chi connectivity index (χ2n) is 5.45. The molecule has 21 heavy (non-hydrogen) atoms. The van der Waals surface area contributed by atoms with Crippen LogP contribution in [-0.4, -0.2) is 4.98 Å². The molecule has 0 N–H and O–H groups in total. The van der Waals surface area contributed by atoms with E-state index in [9.17, 15) is 0 Å². The van der Waals surface area contributed by atoms with E-state index in [0.29, 0.717) is 0 Å². The third kappa shape index (κ3) is 2.07. The second kappa shape index (κ2) is 4.71. The first-order valence-corrected chi connectivity index (χ1v) is 7.16. The van der Waals surface area contributed by atoms with Gasteiger partial charge in [-0.15, -0.1) is 0 Å². The highest BCUT2D eigenvalue weighted by molar-refractivity contribution is 6.08. The standard InChI is InChI=1S/C20H15N/c1-14-5-4-7-16(11-14)20-12-19-17(13-21-20)10-9-15-6-2-3-8-18(15)19/h2-13H,1H3. The maximum Gasteiger partial charge on any atom is 0.0708 e. The topological polar surface area (TPSA) is 12.9 Å². The summed E-state index contributed by atoms with van der Waals surface area (Å²) in [7, 11) is 0. The van der Waals surface area contributed by atoms with Crippen LogP contribution < -0.4 is 0 Å². The molecule has 4 aromatic rings. The molecule has 3 aromatic carbocycles. The van der Waals surface area contributed by atoms with Crippen LogP contribution in [0.5, 0.6) is 0 Å². The molecular weight excluding hydrogens is 254 g/mol. The fraction of sp³-hybridized carbons (Fsp3) is 0.0500. The zero-order valence-electron chi connectivity index (χ0n) is 11.9. The van der Waals surface area contributed by atoms with E-state index in [1.807, 2.05) is 6.20 Å². The van der Waals surface area contributed by atoms with Crippen molar-refractivity contribution < 1.29 is 0 Å². The Balaban J connectivity index is 2.02. The van der Waals surface area contributed by atoms with Crippen LogP contribution in [0, 0.1) is 6.92 Å². The van der Waals surface area contributed by atoms with Crippen molar-refractivity contribution in [3.05, 3.63) is 78.5 Å². The second-order valence-corrected chi connectivity index (χ2v) is 5.45. The molecule has 0 atom stereocenters. The smallest absolute Gasteiger partial charge is 0.0708 e. The Bertz CT molecular complexity index is 954. The van der Waals surface area contributed by atoms with Crippen molar-refractivity contribution >= 4 is 21.5 Å². The van der Waals surface area contributed by atoms with Gasteiger partial charge in [0.05, 0.1) is 5.69 Å². The van der Waals surface area contributed by atoms with E-state index in [1.54, 1.807) is 0 Å². The number of aryl methyl sites for hydroxylation is 1. The fourth-order valence-electron chi connectivity index (χ4n) is 2.86. The maximum atomic E-state index is 4.63. The van der Waals surface area contributed by atoms with Gasteiger partial charge < -0.3 is 0 Å². The molecule has 1 heteroatoms. The van der Waals surface area contributed by atoms with Crippen LogP contribution in [0.1, 0.15) is 5.56 Å². The average Bonchev–Trinajstić information content (AvgIpc) is 2.54. The lowest BCUT2D eigenvalue weighted by Gasteiger charge is -2.07. The first kappa shape index (κ1) is 12.1. The van der Waals surface area contributed by atoms with Gasteiger partial charge in [0.2, 0.25) is 0 Å². The van der Waals surface area contributed by atoms with Gasteiger partial charge in [0.15, 0.2) is 0 Å². The number of hydrogen-bond donors (Lipinski definition) is 0. The molecule has 0 unspecified atom stereocenters. The first-order valence-electron chi connectivity index (χ1n) is 7.16. The summed E-state index contributed by atoms with van der Waals surface area (Å²) in [6, 6.07) is 23.5. The minimum absolute atomic E-state index is 1.03. The van der Waals surface area contributed by atoms with Gasteiger partial charge in [0, 0.05) is 17.1 Å². The molecule has 1 heterocycles. The Morgan fingerprint density at radius 3 is 2.48 bits per heavy atom. The molecule has 1 aromatic heterocycles. The molecule has 0 aliphatic rings. The van der Waals surface area contributed by atoms with E-state index in [1.165, 1.54) is 32.7 Å². The van der Waals surface area contributed by atoms with Crippen LogP contribution in [0.15, 0.2) is 72.9 Å². The van der Waals surface area contributed by atoms with Gasteiger partial charge in [-0.2, -0.15) is 0 Å². The monoisotopic (exact) mass is 269 g/mol. The molecule has 4 rings (SSSR count). The largest absolute Gasteiger partial charge is 0.256 e. The molecule has 0 bridgehead atoms. The molecule has 0 saturated carbocycles. The van der Waals surface area contributed by atoms with Gasteiger partial charge in [-0.05, 0) is 35.2 Å². The molecule has 0 amide bonds. The van der Waals surface area contributed by atoms with Crippen molar-refractivity contribution in [2.45, 2.75) is 6.92 Å². The van der Waals surface area contributed by atoms with Crippen LogP contribution in [0.4, 0.5) is 0 Å². The van der Waals surface area contributed by atoms with Gasteiger partial charge in [-0.3, -0.25) is 4.98 Å². The van der Waals surface area contributed by atoms with Crippen LogP contribution >= 0.6 is 0 Å². The average molecular weight is 269 g/mol. The van der Waals surface area contributed by atoms with Gasteiger partial charge >= 0.3 is 0 Å². The summed E-state index contributed by atoms with van der Waals surface area (Å²) in [6.45, 7) is 2.11. The number of aromatic nitrogens is 1. The number of fused-ring (bicyclic) bond motifs is 3. The van der Waals surface area contributed by atoms with Gasteiger partial charge in [-0.25, -0.2) is 0 Å². The molecule has 0 saturated heterocycles. The normalized spacial score (nSPS) is 11.1. The number of benzene rings is 3. The molecule has 0 radical (unpaired) electrons. The SMILES string of the molecule is Cc1cccc(-c2cc3c(ccc4ccccc43)cn2)c1. The molecular formula is C20H15N. The summed E-state index contributed by atoms with van der Waals surface area (Å²) < 4.78 is 0. The van der Waals surface area contributed by atoms with Crippen molar-refractivity contribution in [2.75, 3.05) is 0 Å². The number of hydrogen-bond acceptors (Lipinski definition) is 1. The molecule has 1 nitrogen and oxygen atoms in total.